The average Bonchev–Trinajstić information content (AvgIpc) is 2.07. The molecule has 3 nitrogen and oxygen atoms in total. The zero-order valence-corrected chi connectivity index (χ0v) is 9.39. The van der Waals surface area contributed by atoms with E-state index in [-0.39, 0.29) is 10.0 Å². The Balaban J connectivity index is 3.32. The largest absolute Gasteiger partial charge is 0.481 e. The summed E-state index contributed by atoms with van der Waals surface area (Å²) in [6.45, 7) is 0. The molecule has 88 valence electrons. The van der Waals surface area contributed by atoms with E-state index in [1.807, 2.05) is 0 Å². The molecule has 0 amide bonds. The number of nitrogens with two attached hydrogens (primary N) is 1. The van der Waals surface area contributed by atoms with Gasteiger partial charge in [-0.25, -0.2) is 0 Å². The summed E-state index contributed by atoms with van der Waals surface area (Å²) in [6, 6.07) is 2.08. The molecule has 1 aromatic rings. The molecular weight excluding hydrogens is 291 g/mol. The number of benzene rings is 1. The molecular formula is C9H7BrF3NO2. The van der Waals surface area contributed by atoms with E-state index in [4.69, 9.17) is 10.8 Å². The first-order valence-electron chi connectivity index (χ1n) is 4.08. The van der Waals surface area contributed by atoms with Crippen molar-refractivity contribution in [3.63, 3.8) is 0 Å². The number of anilines is 1. The van der Waals surface area contributed by atoms with Gasteiger partial charge in [0.15, 0.2) is 0 Å². The fourth-order valence-electron chi connectivity index (χ4n) is 1.22. The maximum Gasteiger partial charge on any atom is 0.418 e. The van der Waals surface area contributed by atoms with E-state index in [1.54, 1.807) is 0 Å². The van der Waals surface area contributed by atoms with Crippen molar-refractivity contribution >= 4 is 27.6 Å². The number of carboxylic acids is 1. The molecule has 0 aliphatic heterocycles. The molecule has 0 spiro atoms. The highest BCUT2D eigenvalue weighted by atomic mass is 79.9. The molecule has 3 N–H and O–H groups in total. The Bertz CT molecular complexity index is 431. The number of rotatable bonds is 2. The van der Waals surface area contributed by atoms with E-state index in [9.17, 15) is 18.0 Å². The first-order valence-corrected chi connectivity index (χ1v) is 4.88. The van der Waals surface area contributed by atoms with Crippen LogP contribution < -0.4 is 5.73 Å². The fraction of sp³-hybridized carbons (Fsp3) is 0.222. The predicted octanol–water partition coefficient (Wildman–Crippen LogP) is 2.68. The van der Waals surface area contributed by atoms with Gasteiger partial charge in [0, 0.05) is 10.2 Å². The van der Waals surface area contributed by atoms with Crippen LogP contribution in [0.3, 0.4) is 0 Å². The Morgan fingerprint density at radius 1 is 1.44 bits per heavy atom. The smallest absolute Gasteiger partial charge is 0.418 e. The Kier molecular flexibility index (Phi) is 3.47. The maximum absolute atomic E-state index is 12.5. The molecule has 7 heteroatoms. The van der Waals surface area contributed by atoms with Crippen molar-refractivity contribution in [2.24, 2.45) is 0 Å². The number of alkyl halides is 3. The van der Waals surface area contributed by atoms with Gasteiger partial charge in [-0.3, -0.25) is 4.79 Å². The van der Waals surface area contributed by atoms with Crippen molar-refractivity contribution in [3.05, 3.63) is 27.7 Å². The van der Waals surface area contributed by atoms with Gasteiger partial charge in [-0.15, -0.1) is 0 Å². The molecule has 0 heterocycles. The fourth-order valence-corrected chi connectivity index (χ4v) is 1.72. The lowest BCUT2D eigenvalue weighted by Crippen LogP contribution is -2.12. The summed E-state index contributed by atoms with van der Waals surface area (Å²) in [6.07, 6.45) is -5.14. The molecule has 0 aromatic heterocycles. The summed E-state index contributed by atoms with van der Waals surface area (Å²) >= 11 is 2.88. The standard InChI is InChI=1S/C9H7BrF3NO2/c10-5-1-4(2-7(15)16)8(14)6(3-5)9(11,12)13/h1,3H,2,14H2,(H,15,16). The number of hydrogen-bond acceptors (Lipinski definition) is 2. The summed E-state index contributed by atoms with van der Waals surface area (Å²) in [5, 5.41) is 8.52. The van der Waals surface area contributed by atoms with Crippen LogP contribution in [0.2, 0.25) is 0 Å². The third-order valence-corrected chi connectivity index (χ3v) is 2.34. The van der Waals surface area contributed by atoms with Crippen molar-refractivity contribution in [2.45, 2.75) is 12.6 Å². The van der Waals surface area contributed by atoms with Crippen LogP contribution in [0.15, 0.2) is 16.6 Å². The van der Waals surface area contributed by atoms with Crippen LogP contribution in [-0.4, -0.2) is 11.1 Å². The zero-order chi connectivity index (χ0) is 12.5. The third kappa shape index (κ3) is 2.88. The highest BCUT2D eigenvalue weighted by Crippen LogP contribution is 2.37. The van der Waals surface area contributed by atoms with Gasteiger partial charge in [-0.1, -0.05) is 15.9 Å². The molecule has 0 unspecified atom stereocenters. The Morgan fingerprint density at radius 2 is 2.00 bits per heavy atom. The Labute approximate surface area is 97.2 Å². The average molecular weight is 298 g/mol. The number of carboxylic acid groups (broad SMARTS) is 1. The van der Waals surface area contributed by atoms with Gasteiger partial charge in [-0.2, -0.15) is 13.2 Å². The Morgan fingerprint density at radius 3 is 2.44 bits per heavy atom. The maximum atomic E-state index is 12.5. The number of halogens is 4. The summed E-state index contributed by atoms with van der Waals surface area (Å²) in [4.78, 5) is 10.4. The van der Waals surface area contributed by atoms with Gasteiger partial charge < -0.3 is 10.8 Å². The second-order valence-corrected chi connectivity index (χ2v) is 4.01. The van der Waals surface area contributed by atoms with E-state index in [2.05, 4.69) is 15.9 Å². The summed E-state index contributed by atoms with van der Waals surface area (Å²) in [5.41, 5.74) is 3.65. The van der Waals surface area contributed by atoms with Crippen molar-refractivity contribution in [1.29, 1.82) is 0 Å². The van der Waals surface area contributed by atoms with Crippen LogP contribution >= 0.6 is 15.9 Å². The molecule has 1 aromatic carbocycles. The van der Waals surface area contributed by atoms with Gasteiger partial charge in [-0.05, 0) is 17.7 Å². The molecule has 0 radical (unpaired) electrons. The van der Waals surface area contributed by atoms with E-state index in [0.29, 0.717) is 0 Å². The van der Waals surface area contributed by atoms with Gasteiger partial charge in [0.2, 0.25) is 0 Å². The minimum absolute atomic E-state index is 0.0609. The highest BCUT2D eigenvalue weighted by Gasteiger charge is 2.34. The van der Waals surface area contributed by atoms with Crippen LogP contribution in [0.25, 0.3) is 0 Å². The molecule has 16 heavy (non-hydrogen) atoms. The zero-order valence-electron chi connectivity index (χ0n) is 7.81. The predicted molar refractivity (Wildman–Crippen MR) is 54.9 cm³/mol. The summed E-state index contributed by atoms with van der Waals surface area (Å²) in [7, 11) is 0. The SMILES string of the molecule is Nc1c(CC(=O)O)cc(Br)cc1C(F)(F)F. The molecule has 1 rings (SSSR count). The van der Waals surface area contributed by atoms with E-state index in [0.717, 1.165) is 6.07 Å². The lowest BCUT2D eigenvalue weighted by molar-refractivity contribution is -0.138. The summed E-state index contributed by atoms with van der Waals surface area (Å²) < 4.78 is 37.6. The molecule has 0 saturated heterocycles. The topological polar surface area (TPSA) is 63.3 Å². The second kappa shape index (κ2) is 4.32. The number of carbonyl (C=O) groups is 1. The van der Waals surface area contributed by atoms with Crippen molar-refractivity contribution in [3.8, 4) is 0 Å². The van der Waals surface area contributed by atoms with Crippen LogP contribution in [0.5, 0.6) is 0 Å². The lowest BCUT2D eigenvalue weighted by Gasteiger charge is -2.13. The molecule has 0 fully saturated rings. The number of aliphatic carboxylic acids is 1. The quantitative estimate of drug-likeness (QED) is 0.825. The van der Waals surface area contributed by atoms with E-state index >= 15 is 0 Å². The molecule has 0 aliphatic rings. The first-order chi connectivity index (χ1) is 7.21. The highest BCUT2D eigenvalue weighted by molar-refractivity contribution is 9.10. The van der Waals surface area contributed by atoms with E-state index < -0.39 is 29.8 Å². The summed E-state index contributed by atoms with van der Waals surface area (Å²) in [5.74, 6) is -1.24. The molecule has 0 saturated carbocycles. The van der Waals surface area contributed by atoms with Crippen LogP contribution in [0.1, 0.15) is 11.1 Å². The Hall–Kier alpha value is -1.24. The minimum Gasteiger partial charge on any atom is -0.481 e. The lowest BCUT2D eigenvalue weighted by atomic mass is 10.0. The van der Waals surface area contributed by atoms with Crippen LogP contribution in [0.4, 0.5) is 18.9 Å². The third-order valence-electron chi connectivity index (χ3n) is 1.88. The number of nitrogen functional groups attached to an aromatic ring is 1. The van der Waals surface area contributed by atoms with E-state index in [1.165, 1.54) is 6.07 Å². The minimum atomic E-state index is -4.60. The first kappa shape index (κ1) is 12.8. The van der Waals surface area contributed by atoms with Crippen LogP contribution in [-0.2, 0) is 17.4 Å². The van der Waals surface area contributed by atoms with Gasteiger partial charge >= 0.3 is 12.1 Å². The molecule has 0 bridgehead atoms. The van der Waals surface area contributed by atoms with Gasteiger partial charge in [0.05, 0.1) is 12.0 Å². The molecule has 0 aliphatic carbocycles. The van der Waals surface area contributed by atoms with Crippen molar-refractivity contribution < 1.29 is 23.1 Å². The van der Waals surface area contributed by atoms with Crippen LogP contribution in [0, 0.1) is 0 Å². The number of hydrogen-bond donors (Lipinski definition) is 2. The molecule has 0 atom stereocenters. The normalized spacial score (nSPS) is 11.5. The van der Waals surface area contributed by atoms with Gasteiger partial charge in [0.25, 0.3) is 0 Å². The van der Waals surface area contributed by atoms with Gasteiger partial charge in [0.1, 0.15) is 0 Å². The van der Waals surface area contributed by atoms with Crippen molar-refractivity contribution in [1.82, 2.24) is 0 Å². The monoisotopic (exact) mass is 297 g/mol. The second-order valence-electron chi connectivity index (χ2n) is 3.09. The van der Waals surface area contributed by atoms with Crippen molar-refractivity contribution in [2.75, 3.05) is 5.73 Å².